The molecule has 0 saturated heterocycles. The van der Waals surface area contributed by atoms with Crippen LogP contribution in [-0.4, -0.2) is 28.2 Å². The molecule has 0 fully saturated rings. The van der Waals surface area contributed by atoms with E-state index in [4.69, 9.17) is 0 Å². The molecule has 0 spiro atoms. The van der Waals surface area contributed by atoms with Crippen molar-refractivity contribution in [1.82, 2.24) is 9.97 Å². The van der Waals surface area contributed by atoms with Crippen LogP contribution >= 0.6 is 0 Å². The highest BCUT2D eigenvalue weighted by atomic mass is 16.5. The first-order chi connectivity index (χ1) is 10.6. The van der Waals surface area contributed by atoms with Gasteiger partial charge in [-0.3, -0.25) is 4.79 Å². The molecular weight excluding hydrogens is 284 g/mol. The molecule has 0 radical (unpaired) electrons. The number of benzene rings is 2. The number of nitrogens with one attached hydrogen (secondary N) is 1. The van der Waals surface area contributed by atoms with Crippen LogP contribution in [0.25, 0.3) is 22.3 Å². The average Bonchev–Trinajstić information content (AvgIpc) is 2.54. The molecule has 0 amide bonds. The van der Waals surface area contributed by atoms with Crippen LogP contribution < -0.4 is 5.56 Å². The Kier molecular flexibility index (Phi) is 3.34. The molecule has 2 N–H and O–H groups in total. The van der Waals surface area contributed by atoms with E-state index in [-0.39, 0.29) is 11.3 Å². The normalized spacial score (nSPS) is 10.6. The number of hydrogen-bond acceptors (Lipinski definition) is 5. The number of H-pyrrole nitrogens is 1. The summed E-state index contributed by atoms with van der Waals surface area (Å²) >= 11 is 0. The van der Waals surface area contributed by atoms with Crippen molar-refractivity contribution >= 4 is 16.9 Å². The van der Waals surface area contributed by atoms with E-state index in [0.29, 0.717) is 27.9 Å². The number of aromatic amines is 1. The SMILES string of the molecule is COC(=O)c1ccc2c(=O)[nH]c(-c3ccc(O)cc3)nc2c1. The van der Waals surface area contributed by atoms with Crippen molar-refractivity contribution in [3.8, 4) is 17.1 Å². The molecule has 0 aliphatic carbocycles. The van der Waals surface area contributed by atoms with Gasteiger partial charge in [-0.15, -0.1) is 0 Å². The van der Waals surface area contributed by atoms with E-state index in [0.717, 1.165) is 0 Å². The highest BCUT2D eigenvalue weighted by molar-refractivity contribution is 5.94. The second kappa shape index (κ2) is 5.33. The van der Waals surface area contributed by atoms with E-state index in [9.17, 15) is 14.7 Å². The van der Waals surface area contributed by atoms with Gasteiger partial charge in [-0.2, -0.15) is 0 Å². The summed E-state index contributed by atoms with van der Waals surface area (Å²) in [6.07, 6.45) is 0. The largest absolute Gasteiger partial charge is 0.508 e. The van der Waals surface area contributed by atoms with Gasteiger partial charge in [0.1, 0.15) is 11.6 Å². The zero-order valence-electron chi connectivity index (χ0n) is 11.7. The summed E-state index contributed by atoms with van der Waals surface area (Å²) in [7, 11) is 1.29. The minimum Gasteiger partial charge on any atom is -0.508 e. The topological polar surface area (TPSA) is 92.3 Å². The molecule has 0 aliphatic rings. The zero-order chi connectivity index (χ0) is 15.7. The van der Waals surface area contributed by atoms with Gasteiger partial charge in [-0.25, -0.2) is 9.78 Å². The lowest BCUT2D eigenvalue weighted by atomic mass is 10.1. The molecule has 110 valence electrons. The van der Waals surface area contributed by atoms with Gasteiger partial charge in [0.05, 0.1) is 23.6 Å². The number of aromatic nitrogens is 2. The minimum atomic E-state index is -0.491. The van der Waals surface area contributed by atoms with E-state index < -0.39 is 5.97 Å². The van der Waals surface area contributed by atoms with E-state index >= 15 is 0 Å². The summed E-state index contributed by atoms with van der Waals surface area (Å²) in [5.74, 6) is -0.00505. The average molecular weight is 296 g/mol. The summed E-state index contributed by atoms with van der Waals surface area (Å²) in [6.45, 7) is 0. The fourth-order valence-corrected chi connectivity index (χ4v) is 2.14. The lowest BCUT2D eigenvalue weighted by Gasteiger charge is -2.05. The number of rotatable bonds is 2. The number of ether oxygens (including phenoxy) is 1. The number of fused-ring (bicyclic) bond motifs is 1. The molecule has 0 bridgehead atoms. The van der Waals surface area contributed by atoms with Crippen LogP contribution in [0.4, 0.5) is 0 Å². The van der Waals surface area contributed by atoms with Crippen LogP contribution in [0.2, 0.25) is 0 Å². The van der Waals surface area contributed by atoms with Crippen molar-refractivity contribution in [2.45, 2.75) is 0 Å². The molecule has 22 heavy (non-hydrogen) atoms. The maximum Gasteiger partial charge on any atom is 0.337 e. The second-order valence-electron chi connectivity index (χ2n) is 4.68. The van der Waals surface area contributed by atoms with Crippen LogP contribution in [0, 0.1) is 0 Å². The van der Waals surface area contributed by atoms with Crippen molar-refractivity contribution in [1.29, 1.82) is 0 Å². The molecule has 3 aromatic rings. The second-order valence-corrected chi connectivity index (χ2v) is 4.68. The molecule has 1 aromatic heterocycles. The highest BCUT2D eigenvalue weighted by Crippen LogP contribution is 2.20. The smallest absolute Gasteiger partial charge is 0.337 e. The van der Waals surface area contributed by atoms with Crippen molar-refractivity contribution in [3.05, 3.63) is 58.4 Å². The Hall–Kier alpha value is -3.15. The number of hydrogen-bond donors (Lipinski definition) is 2. The number of methoxy groups -OCH3 is 1. The van der Waals surface area contributed by atoms with Gasteiger partial charge >= 0.3 is 5.97 Å². The Balaban J connectivity index is 2.19. The summed E-state index contributed by atoms with van der Waals surface area (Å²) in [5, 5.41) is 9.70. The zero-order valence-corrected chi connectivity index (χ0v) is 11.7. The maximum atomic E-state index is 12.1. The van der Waals surface area contributed by atoms with Gasteiger partial charge in [0.25, 0.3) is 5.56 Å². The Labute approximate surface area is 125 Å². The van der Waals surface area contributed by atoms with Gasteiger partial charge in [0.15, 0.2) is 0 Å². The fraction of sp³-hybridized carbons (Fsp3) is 0.0625. The van der Waals surface area contributed by atoms with Gasteiger partial charge in [0, 0.05) is 5.56 Å². The van der Waals surface area contributed by atoms with Crippen LogP contribution in [0.5, 0.6) is 5.75 Å². The van der Waals surface area contributed by atoms with Crippen LogP contribution in [0.1, 0.15) is 10.4 Å². The maximum absolute atomic E-state index is 12.1. The standard InChI is InChI=1S/C16H12N2O4/c1-22-16(21)10-4-7-12-13(8-10)17-14(18-15(12)20)9-2-5-11(19)6-3-9/h2-8,19H,1H3,(H,17,18,20). The molecule has 0 aliphatic heterocycles. The van der Waals surface area contributed by atoms with Crippen molar-refractivity contribution < 1.29 is 14.6 Å². The van der Waals surface area contributed by atoms with E-state index in [1.54, 1.807) is 12.1 Å². The quantitative estimate of drug-likeness (QED) is 0.706. The first kappa shape index (κ1) is 13.8. The predicted molar refractivity (Wildman–Crippen MR) is 80.8 cm³/mol. The lowest BCUT2D eigenvalue weighted by Crippen LogP contribution is -2.10. The number of nitrogens with zero attached hydrogens (tertiary/aromatic N) is 1. The molecule has 3 rings (SSSR count). The number of esters is 1. The van der Waals surface area contributed by atoms with Crippen molar-refractivity contribution in [2.24, 2.45) is 0 Å². The summed E-state index contributed by atoms with van der Waals surface area (Å²) in [4.78, 5) is 30.8. The van der Waals surface area contributed by atoms with Gasteiger partial charge in [-0.1, -0.05) is 0 Å². The number of aromatic hydroxyl groups is 1. The molecule has 6 nitrogen and oxygen atoms in total. The summed E-state index contributed by atoms with van der Waals surface area (Å²) < 4.78 is 4.66. The van der Waals surface area contributed by atoms with Crippen molar-refractivity contribution in [2.75, 3.05) is 7.11 Å². The lowest BCUT2D eigenvalue weighted by molar-refractivity contribution is 0.0601. The van der Waals surface area contributed by atoms with E-state index in [1.165, 1.54) is 37.4 Å². The summed E-state index contributed by atoms with van der Waals surface area (Å²) in [5.41, 5.74) is 1.07. The van der Waals surface area contributed by atoms with Gasteiger partial charge in [-0.05, 0) is 42.5 Å². The first-order valence-electron chi connectivity index (χ1n) is 6.50. The third-order valence-electron chi connectivity index (χ3n) is 3.27. The molecule has 0 unspecified atom stereocenters. The number of carbonyl (C=O) groups is 1. The fourth-order valence-electron chi connectivity index (χ4n) is 2.14. The number of carbonyl (C=O) groups excluding carboxylic acids is 1. The summed E-state index contributed by atoms with van der Waals surface area (Å²) in [6, 6.07) is 10.9. The van der Waals surface area contributed by atoms with Crippen LogP contribution in [-0.2, 0) is 4.74 Å². The molecule has 2 aromatic carbocycles. The number of phenols is 1. The highest BCUT2D eigenvalue weighted by Gasteiger charge is 2.10. The predicted octanol–water partition coefficient (Wildman–Crippen LogP) is 2.08. The minimum absolute atomic E-state index is 0.125. The van der Waals surface area contributed by atoms with Crippen LogP contribution in [0.3, 0.4) is 0 Å². The third kappa shape index (κ3) is 2.42. The van der Waals surface area contributed by atoms with Gasteiger partial charge in [0.2, 0.25) is 0 Å². The Morgan fingerprint density at radius 3 is 2.59 bits per heavy atom. The van der Waals surface area contributed by atoms with E-state index in [1.807, 2.05) is 0 Å². The van der Waals surface area contributed by atoms with E-state index in [2.05, 4.69) is 14.7 Å². The van der Waals surface area contributed by atoms with Gasteiger partial charge < -0.3 is 14.8 Å². The number of phenolic OH excluding ortho intramolecular Hbond substituents is 1. The molecule has 0 atom stereocenters. The third-order valence-corrected chi connectivity index (χ3v) is 3.27. The van der Waals surface area contributed by atoms with Crippen molar-refractivity contribution in [3.63, 3.8) is 0 Å². The Morgan fingerprint density at radius 2 is 1.91 bits per heavy atom. The van der Waals surface area contributed by atoms with Crippen LogP contribution in [0.15, 0.2) is 47.3 Å². The Bertz CT molecular complexity index is 914. The molecule has 6 heteroatoms. The Morgan fingerprint density at radius 1 is 1.18 bits per heavy atom. The monoisotopic (exact) mass is 296 g/mol. The molecule has 1 heterocycles. The molecular formula is C16H12N2O4. The molecule has 0 saturated carbocycles. The first-order valence-corrected chi connectivity index (χ1v) is 6.50.